The zero-order valence-electron chi connectivity index (χ0n) is 9.59. The molecule has 0 saturated carbocycles. The lowest BCUT2D eigenvalue weighted by molar-refractivity contribution is 0.222. The van der Waals surface area contributed by atoms with Crippen molar-refractivity contribution in [1.82, 2.24) is 5.32 Å². The Morgan fingerprint density at radius 1 is 1.57 bits per heavy atom. The van der Waals surface area contributed by atoms with Crippen molar-refractivity contribution in [2.24, 2.45) is 0 Å². The summed E-state index contributed by atoms with van der Waals surface area (Å²) in [6.07, 6.45) is 3.26. The van der Waals surface area contributed by atoms with E-state index in [1.807, 2.05) is 18.8 Å². The highest BCUT2D eigenvalue weighted by molar-refractivity contribution is 8.00. The van der Waals surface area contributed by atoms with Gasteiger partial charge in [-0.05, 0) is 13.1 Å². The topological polar surface area (TPSA) is 21.3 Å². The quantitative estimate of drug-likeness (QED) is 0.778. The molecule has 0 aromatic rings. The average molecular weight is 215 g/mol. The van der Waals surface area contributed by atoms with Gasteiger partial charge in [0.1, 0.15) is 5.76 Å². The van der Waals surface area contributed by atoms with E-state index in [2.05, 4.69) is 32.2 Å². The average Bonchev–Trinajstić information content (AvgIpc) is 2.56. The maximum Gasteiger partial charge on any atom is 0.110 e. The number of hydrogen-bond acceptors (Lipinski definition) is 3. The maximum atomic E-state index is 5.56. The lowest BCUT2D eigenvalue weighted by atomic mass is 10.2. The van der Waals surface area contributed by atoms with Crippen molar-refractivity contribution in [2.75, 3.05) is 19.4 Å². The molecule has 1 N–H and O–H groups in total. The molecule has 1 aliphatic heterocycles. The van der Waals surface area contributed by atoms with Crippen LogP contribution in [0.2, 0.25) is 0 Å². The van der Waals surface area contributed by atoms with E-state index in [0.717, 1.165) is 24.5 Å². The number of rotatable bonds is 4. The van der Waals surface area contributed by atoms with Crippen LogP contribution in [0.4, 0.5) is 0 Å². The zero-order valence-corrected chi connectivity index (χ0v) is 10.4. The SMILES string of the molecule is CNC(CSC(C)(C)C)C1=CCCO1. The van der Waals surface area contributed by atoms with Crippen LogP contribution in [0.25, 0.3) is 0 Å². The Kier molecular flexibility index (Phi) is 4.32. The van der Waals surface area contributed by atoms with Gasteiger partial charge >= 0.3 is 0 Å². The largest absolute Gasteiger partial charge is 0.496 e. The third-order valence-corrected chi connectivity index (χ3v) is 3.47. The summed E-state index contributed by atoms with van der Waals surface area (Å²) in [5, 5.41) is 3.30. The van der Waals surface area contributed by atoms with Gasteiger partial charge in [0.25, 0.3) is 0 Å². The van der Waals surface area contributed by atoms with Crippen LogP contribution >= 0.6 is 11.8 Å². The van der Waals surface area contributed by atoms with Crippen LogP contribution in [0.1, 0.15) is 27.2 Å². The van der Waals surface area contributed by atoms with Crippen molar-refractivity contribution in [3.05, 3.63) is 11.8 Å². The Labute approximate surface area is 91.5 Å². The normalized spacial score (nSPS) is 19.0. The van der Waals surface area contributed by atoms with Gasteiger partial charge in [-0.2, -0.15) is 11.8 Å². The van der Waals surface area contributed by atoms with Crippen molar-refractivity contribution in [3.63, 3.8) is 0 Å². The third kappa shape index (κ3) is 3.93. The van der Waals surface area contributed by atoms with Gasteiger partial charge in [0.05, 0.1) is 12.6 Å². The summed E-state index contributed by atoms with van der Waals surface area (Å²) in [6.45, 7) is 7.59. The van der Waals surface area contributed by atoms with Gasteiger partial charge in [0.2, 0.25) is 0 Å². The molecule has 0 fully saturated rings. The molecule has 0 saturated heterocycles. The second kappa shape index (κ2) is 5.08. The smallest absolute Gasteiger partial charge is 0.110 e. The van der Waals surface area contributed by atoms with Gasteiger partial charge in [-0.1, -0.05) is 20.8 Å². The van der Waals surface area contributed by atoms with Crippen molar-refractivity contribution >= 4 is 11.8 Å². The Bertz CT molecular complexity index is 208. The number of likely N-dealkylation sites (N-methyl/N-ethyl adjacent to an activating group) is 1. The first kappa shape index (κ1) is 11.9. The minimum Gasteiger partial charge on any atom is -0.496 e. The highest BCUT2D eigenvalue weighted by atomic mass is 32.2. The first-order chi connectivity index (χ1) is 6.53. The standard InChI is InChI=1S/C11H21NOS/c1-11(2,3)14-8-9(12-4)10-6-5-7-13-10/h6,9,12H,5,7-8H2,1-4H3. The van der Waals surface area contributed by atoms with E-state index in [1.165, 1.54) is 0 Å². The first-order valence-corrected chi connectivity index (χ1v) is 6.15. The fourth-order valence-corrected chi connectivity index (χ4v) is 2.32. The molecule has 0 radical (unpaired) electrons. The van der Waals surface area contributed by atoms with E-state index in [-0.39, 0.29) is 0 Å². The van der Waals surface area contributed by atoms with Crippen molar-refractivity contribution < 1.29 is 4.74 Å². The van der Waals surface area contributed by atoms with E-state index in [4.69, 9.17) is 4.74 Å². The van der Waals surface area contributed by atoms with E-state index < -0.39 is 0 Å². The molecule has 2 nitrogen and oxygen atoms in total. The highest BCUT2D eigenvalue weighted by Gasteiger charge is 2.20. The van der Waals surface area contributed by atoms with Gasteiger partial charge in [-0.15, -0.1) is 0 Å². The molecule has 82 valence electrons. The van der Waals surface area contributed by atoms with Gasteiger partial charge in [-0.3, -0.25) is 0 Å². The molecule has 0 aliphatic carbocycles. The molecule has 1 rings (SSSR count). The predicted molar refractivity (Wildman–Crippen MR) is 63.7 cm³/mol. The molecule has 0 bridgehead atoms. The number of nitrogens with one attached hydrogen (secondary N) is 1. The Hall–Kier alpha value is -0.150. The molecule has 1 atom stereocenters. The van der Waals surface area contributed by atoms with Crippen molar-refractivity contribution in [1.29, 1.82) is 0 Å². The Morgan fingerprint density at radius 2 is 2.29 bits per heavy atom. The van der Waals surface area contributed by atoms with Crippen LogP contribution < -0.4 is 5.32 Å². The van der Waals surface area contributed by atoms with Gasteiger partial charge in [0.15, 0.2) is 0 Å². The molecule has 0 aromatic heterocycles. The summed E-state index contributed by atoms with van der Waals surface area (Å²) < 4.78 is 5.88. The molecular weight excluding hydrogens is 194 g/mol. The number of ether oxygens (including phenoxy) is 1. The van der Waals surface area contributed by atoms with Crippen molar-refractivity contribution in [3.8, 4) is 0 Å². The fraction of sp³-hybridized carbons (Fsp3) is 0.818. The minimum atomic E-state index is 0.328. The second-order valence-corrected chi connectivity index (χ2v) is 6.36. The predicted octanol–water partition coefficient (Wildman–Crippen LogP) is 2.41. The van der Waals surface area contributed by atoms with Gasteiger partial charge < -0.3 is 10.1 Å². The van der Waals surface area contributed by atoms with Crippen LogP contribution in [0.15, 0.2) is 11.8 Å². The van der Waals surface area contributed by atoms with E-state index >= 15 is 0 Å². The second-order valence-electron chi connectivity index (χ2n) is 4.51. The fourth-order valence-electron chi connectivity index (χ4n) is 1.32. The zero-order chi connectivity index (χ0) is 10.6. The van der Waals surface area contributed by atoms with Crippen LogP contribution in [0.3, 0.4) is 0 Å². The first-order valence-electron chi connectivity index (χ1n) is 5.17. The van der Waals surface area contributed by atoms with Crippen LogP contribution in [0, 0.1) is 0 Å². The van der Waals surface area contributed by atoms with Gasteiger partial charge in [-0.25, -0.2) is 0 Å². The number of thioether (sulfide) groups is 1. The molecular formula is C11H21NOS. The monoisotopic (exact) mass is 215 g/mol. The molecule has 1 heterocycles. The van der Waals surface area contributed by atoms with Crippen LogP contribution in [-0.4, -0.2) is 30.2 Å². The maximum absolute atomic E-state index is 5.56. The summed E-state index contributed by atoms with van der Waals surface area (Å²) in [4.78, 5) is 0. The lowest BCUT2D eigenvalue weighted by Gasteiger charge is -2.23. The molecule has 0 amide bonds. The summed E-state index contributed by atoms with van der Waals surface area (Å²) in [6, 6.07) is 0.377. The molecule has 1 aliphatic rings. The van der Waals surface area contributed by atoms with Gasteiger partial charge in [0, 0.05) is 16.9 Å². The Morgan fingerprint density at radius 3 is 2.71 bits per heavy atom. The minimum absolute atomic E-state index is 0.328. The molecule has 1 unspecified atom stereocenters. The summed E-state index contributed by atoms with van der Waals surface area (Å²) in [7, 11) is 2.00. The van der Waals surface area contributed by atoms with Crippen LogP contribution in [0.5, 0.6) is 0 Å². The summed E-state index contributed by atoms with van der Waals surface area (Å²) in [5.74, 6) is 2.20. The lowest BCUT2D eigenvalue weighted by Crippen LogP contribution is -2.31. The van der Waals surface area contributed by atoms with E-state index in [9.17, 15) is 0 Å². The molecule has 0 aromatic carbocycles. The summed E-state index contributed by atoms with van der Waals surface area (Å²) >= 11 is 1.97. The van der Waals surface area contributed by atoms with E-state index in [0.29, 0.717) is 10.8 Å². The van der Waals surface area contributed by atoms with E-state index in [1.54, 1.807) is 0 Å². The third-order valence-electron chi connectivity index (χ3n) is 2.11. The molecule has 3 heteroatoms. The highest BCUT2D eigenvalue weighted by Crippen LogP contribution is 2.26. The summed E-state index contributed by atoms with van der Waals surface area (Å²) in [5.41, 5.74) is 0. The Balaban J connectivity index is 2.39. The van der Waals surface area contributed by atoms with Crippen molar-refractivity contribution in [2.45, 2.75) is 38.0 Å². The molecule has 0 spiro atoms. The van der Waals surface area contributed by atoms with Crippen LogP contribution in [-0.2, 0) is 4.74 Å². The molecule has 14 heavy (non-hydrogen) atoms. The number of hydrogen-bond donors (Lipinski definition) is 1.